The molecule has 0 amide bonds. The number of nitrogens with one attached hydrogen (secondary N) is 1. The van der Waals surface area contributed by atoms with Crippen LogP contribution in [0.1, 0.15) is 10.4 Å². The molecule has 0 unspecified atom stereocenters. The van der Waals surface area contributed by atoms with E-state index >= 15 is 0 Å². The maximum Gasteiger partial charge on any atom is 0.359 e. The molecule has 1 aromatic heterocycles. The quantitative estimate of drug-likeness (QED) is 0.410. The monoisotopic (exact) mass is 172 g/mol. The highest BCUT2D eigenvalue weighted by molar-refractivity contribution is 5.96. The Morgan fingerprint density at radius 2 is 2.33 bits per heavy atom. The van der Waals surface area contributed by atoms with Gasteiger partial charge in [0, 0.05) is 0 Å². The molecule has 0 aliphatic carbocycles. The fourth-order valence-electron chi connectivity index (χ4n) is 0.689. The van der Waals surface area contributed by atoms with E-state index in [4.69, 9.17) is 10.8 Å². The summed E-state index contributed by atoms with van der Waals surface area (Å²) < 4.78 is 0. The molecule has 1 aromatic rings. The largest absolute Gasteiger partial charge is 0.477 e. The fourth-order valence-corrected chi connectivity index (χ4v) is 0.689. The summed E-state index contributed by atoms with van der Waals surface area (Å²) in [6.45, 7) is 0. The second-order valence-electron chi connectivity index (χ2n) is 1.89. The van der Waals surface area contributed by atoms with Crippen LogP contribution in [0.4, 0.5) is 11.6 Å². The Balaban J connectivity index is 3.31. The SMILES string of the molecule is Nc1n[nH]c([N+](=O)[O-])c1C(=O)O. The predicted octanol–water partition coefficient (Wildman–Crippen LogP) is -0.402. The predicted molar refractivity (Wildman–Crippen MR) is 36.6 cm³/mol. The number of aromatic nitrogens is 2. The first-order valence-electron chi connectivity index (χ1n) is 2.75. The zero-order chi connectivity index (χ0) is 9.30. The molecule has 0 aromatic carbocycles. The minimum atomic E-state index is -1.48. The highest BCUT2D eigenvalue weighted by Crippen LogP contribution is 2.19. The van der Waals surface area contributed by atoms with E-state index in [1.54, 1.807) is 0 Å². The summed E-state index contributed by atoms with van der Waals surface area (Å²) in [5.74, 6) is -2.58. The third-order valence-electron chi connectivity index (χ3n) is 1.17. The molecule has 0 atom stereocenters. The van der Waals surface area contributed by atoms with Gasteiger partial charge in [-0.25, -0.2) is 4.79 Å². The van der Waals surface area contributed by atoms with E-state index in [9.17, 15) is 14.9 Å². The van der Waals surface area contributed by atoms with E-state index in [1.165, 1.54) is 0 Å². The van der Waals surface area contributed by atoms with Crippen molar-refractivity contribution < 1.29 is 14.8 Å². The Morgan fingerprint density at radius 3 is 2.67 bits per heavy atom. The van der Waals surface area contributed by atoms with Crippen molar-refractivity contribution in [2.45, 2.75) is 0 Å². The zero-order valence-corrected chi connectivity index (χ0v) is 5.64. The molecule has 0 aliphatic heterocycles. The number of hydrogen-bond acceptors (Lipinski definition) is 5. The molecule has 0 radical (unpaired) electrons. The summed E-state index contributed by atoms with van der Waals surface area (Å²) in [6, 6.07) is 0. The van der Waals surface area contributed by atoms with Crippen LogP contribution in [0.25, 0.3) is 0 Å². The van der Waals surface area contributed by atoms with Crippen molar-refractivity contribution in [3.8, 4) is 0 Å². The van der Waals surface area contributed by atoms with Crippen LogP contribution in [-0.2, 0) is 0 Å². The van der Waals surface area contributed by atoms with Gasteiger partial charge in [-0.2, -0.15) is 0 Å². The molecule has 0 bridgehead atoms. The number of H-pyrrole nitrogens is 1. The van der Waals surface area contributed by atoms with Crippen LogP contribution in [0.15, 0.2) is 0 Å². The van der Waals surface area contributed by atoms with Gasteiger partial charge in [-0.1, -0.05) is 5.10 Å². The number of anilines is 1. The number of carbonyl (C=O) groups is 1. The molecular weight excluding hydrogens is 168 g/mol. The Labute approximate surface area is 65.1 Å². The molecule has 8 heteroatoms. The van der Waals surface area contributed by atoms with Gasteiger partial charge in [0.05, 0.1) is 0 Å². The third-order valence-corrected chi connectivity index (χ3v) is 1.17. The van der Waals surface area contributed by atoms with Gasteiger partial charge >= 0.3 is 11.8 Å². The van der Waals surface area contributed by atoms with Gasteiger partial charge in [-0.3, -0.25) is 0 Å². The first kappa shape index (κ1) is 7.98. The molecule has 0 saturated carbocycles. The van der Waals surface area contributed by atoms with Crippen molar-refractivity contribution in [2.24, 2.45) is 0 Å². The number of nitrogen functional groups attached to an aromatic ring is 1. The number of carboxylic acid groups (broad SMARTS) is 1. The number of carboxylic acids is 1. The molecule has 64 valence electrons. The average molecular weight is 172 g/mol. The smallest absolute Gasteiger partial charge is 0.359 e. The van der Waals surface area contributed by atoms with Crippen LogP contribution < -0.4 is 5.73 Å². The number of nitrogens with zero attached hydrogens (tertiary/aromatic N) is 2. The molecule has 0 aliphatic rings. The normalized spacial score (nSPS) is 9.67. The van der Waals surface area contributed by atoms with Crippen molar-refractivity contribution in [1.29, 1.82) is 0 Å². The van der Waals surface area contributed by atoms with Gasteiger partial charge in [0.1, 0.15) is 0 Å². The Hall–Kier alpha value is -2.12. The molecule has 8 nitrogen and oxygen atoms in total. The summed E-state index contributed by atoms with van der Waals surface area (Å²) in [7, 11) is 0. The summed E-state index contributed by atoms with van der Waals surface area (Å²) >= 11 is 0. The van der Waals surface area contributed by atoms with Gasteiger partial charge in [0.15, 0.2) is 5.82 Å². The number of hydrogen-bond donors (Lipinski definition) is 3. The number of nitrogens with two attached hydrogens (primary N) is 1. The number of aromatic carboxylic acids is 1. The third kappa shape index (κ3) is 1.05. The molecular formula is C4H4N4O4. The first-order chi connectivity index (χ1) is 5.54. The Bertz CT molecular complexity index is 343. The maximum atomic E-state index is 10.4. The minimum Gasteiger partial charge on any atom is -0.477 e. The average Bonchev–Trinajstić information content (AvgIpc) is 2.30. The number of aromatic amines is 1. The topological polar surface area (TPSA) is 135 Å². The Kier molecular flexibility index (Phi) is 1.66. The first-order valence-corrected chi connectivity index (χ1v) is 2.75. The number of rotatable bonds is 2. The summed E-state index contributed by atoms with van der Waals surface area (Å²) in [4.78, 5) is 19.6. The lowest BCUT2D eigenvalue weighted by molar-refractivity contribution is -0.389. The molecule has 0 fully saturated rings. The van der Waals surface area contributed by atoms with Gasteiger partial charge in [-0.15, -0.1) is 5.10 Å². The van der Waals surface area contributed by atoms with Gasteiger partial charge in [-0.05, 0) is 4.92 Å². The van der Waals surface area contributed by atoms with Crippen LogP contribution in [0, 0.1) is 10.1 Å². The molecule has 1 heterocycles. The standard InChI is InChI=1S/C4H4N4O4/c5-2-1(4(9)10)3(7-6-2)8(11)12/h(H,9,10)(H3,5,6,7). The summed E-state index contributed by atoms with van der Waals surface area (Å²) in [5, 5.41) is 23.7. The molecule has 0 saturated heterocycles. The van der Waals surface area contributed by atoms with Crippen LogP contribution in [0.2, 0.25) is 0 Å². The lowest BCUT2D eigenvalue weighted by Gasteiger charge is -1.91. The Morgan fingerprint density at radius 1 is 1.75 bits per heavy atom. The van der Waals surface area contributed by atoms with E-state index in [2.05, 4.69) is 5.10 Å². The van der Waals surface area contributed by atoms with E-state index in [1.807, 2.05) is 5.10 Å². The minimum absolute atomic E-state index is 0.394. The van der Waals surface area contributed by atoms with Crippen LogP contribution in [0.5, 0.6) is 0 Å². The van der Waals surface area contributed by atoms with Crippen molar-refractivity contribution >= 4 is 17.6 Å². The van der Waals surface area contributed by atoms with E-state index in [0.29, 0.717) is 0 Å². The fraction of sp³-hybridized carbons (Fsp3) is 0. The molecule has 0 spiro atoms. The van der Waals surface area contributed by atoms with Gasteiger partial charge in [0.2, 0.25) is 5.56 Å². The van der Waals surface area contributed by atoms with Gasteiger partial charge < -0.3 is 21.0 Å². The molecule has 4 N–H and O–H groups in total. The van der Waals surface area contributed by atoms with E-state index in [-0.39, 0.29) is 0 Å². The van der Waals surface area contributed by atoms with Crippen molar-refractivity contribution in [3.63, 3.8) is 0 Å². The van der Waals surface area contributed by atoms with Gasteiger partial charge in [0.25, 0.3) is 0 Å². The van der Waals surface area contributed by atoms with Crippen molar-refractivity contribution in [3.05, 3.63) is 15.7 Å². The summed E-state index contributed by atoms with van der Waals surface area (Å²) in [6.07, 6.45) is 0. The maximum absolute atomic E-state index is 10.4. The second-order valence-corrected chi connectivity index (χ2v) is 1.89. The lowest BCUT2D eigenvalue weighted by Crippen LogP contribution is -2.03. The lowest BCUT2D eigenvalue weighted by atomic mass is 10.3. The zero-order valence-electron chi connectivity index (χ0n) is 5.64. The highest BCUT2D eigenvalue weighted by atomic mass is 16.6. The van der Waals surface area contributed by atoms with E-state index in [0.717, 1.165) is 0 Å². The number of nitro groups is 1. The van der Waals surface area contributed by atoms with Crippen LogP contribution in [0.3, 0.4) is 0 Å². The van der Waals surface area contributed by atoms with Crippen molar-refractivity contribution in [2.75, 3.05) is 5.73 Å². The molecule has 12 heavy (non-hydrogen) atoms. The van der Waals surface area contributed by atoms with Crippen molar-refractivity contribution in [1.82, 2.24) is 10.2 Å². The second kappa shape index (κ2) is 2.49. The van der Waals surface area contributed by atoms with Crippen LogP contribution in [-0.4, -0.2) is 26.2 Å². The van der Waals surface area contributed by atoms with E-state index < -0.39 is 28.1 Å². The van der Waals surface area contributed by atoms with Crippen LogP contribution >= 0.6 is 0 Å². The molecule has 1 rings (SSSR count). The highest BCUT2D eigenvalue weighted by Gasteiger charge is 2.25. The summed E-state index contributed by atoms with van der Waals surface area (Å²) in [5.41, 5.74) is 4.44.